The van der Waals surface area contributed by atoms with Crippen molar-refractivity contribution < 1.29 is 14.7 Å². The summed E-state index contributed by atoms with van der Waals surface area (Å²) in [5, 5.41) is 9.03. The zero-order valence-electron chi connectivity index (χ0n) is 15.7. The Hall–Kier alpha value is -3.22. The summed E-state index contributed by atoms with van der Waals surface area (Å²) >= 11 is 0. The molecule has 1 amide bonds. The molecule has 7 nitrogen and oxygen atoms in total. The molecule has 1 aliphatic rings. The van der Waals surface area contributed by atoms with Gasteiger partial charge in [0, 0.05) is 25.5 Å². The highest BCUT2D eigenvalue weighted by Crippen LogP contribution is 2.23. The maximum atomic E-state index is 13.2. The largest absolute Gasteiger partial charge is 0.478 e. The minimum absolute atomic E-state index is 0.0103. The van der Waals surface area contributed by atoms with Crippen LogP contribution in [0.2, 0.25) is 0 Å². The first-order chi connectivity index (χ1) is 13.5. The van der Waals surface area contributed by atoms with Crippen molar-refractivity contribution in [2.75, 3.05) is 13.1 Å². The number of carbonyl (C=O) groups excluding carboxylic acids is 1. The van der Waals surface area contributed by atoms with Crippen molar-refractivity contribution in [3.8, 4) is 0 Å². The van der Waals surface area contributed by atoms with Gasteiger partial charge in [-0.15, -0.1) is 0 Å². The van der Waals surface area contributed by atoms with Crippen molar-refractivity contribution in [1.82, 2.24) is 19.3 Å². The van der Waals surface area contributed by atoms with Crippen molar-refractivity contribution in [2.45, 2.75) is 26.2 Å². The summed E-state index contributed by atoms with van der Waals surface area (Å²) in [5.74, 6) is -0.0377. The van der Waals surface area contributed by atoms with Gasteiger partial charge in [-0.1, -0.05) is 12.1 Å². The third-order valence-corrected chi connectivity index (χ3v) is 5.31. The number of piperidine rings is 1. The second-order valence-electron chi connectivity index (χ2n) is 7.30. The molecule has 28 heavy (non-hydrogen) atoms. The first kappa shape index (κ1) is 18.2. The first-order valence-electron chi connectivity index (χ1n) is 9.44. The van der Waals surface area contributed by atoms with Crippen molar-refractivity contribution in [2.24, 2.45) is 5.92 Å². The lowest BCUT2D eigenvalue weighted by molar-refractivity contribution is 0.0662. The molecule has 1 N–H and O–H groups in total. The minimum atomic E-state index is -0.918. The summed E-state index contributed by atoms with van der Waals surface area (Å²) in [6.07, 6.45) is 6.33. The fourth-order valence-corrected chi connectivity index (χ4v) is 3.94. The van der Waals surface area contributed by atoms with Gasteiger partial charge in [-0.05, 0) is 55.9 Å². The molecule has 1 atom stereocenters. The highest BCUT2D eigenvalue weighted by molar-refractivity contribution is 5.94. The summed E-state index contributed by atoms with van der Waals surface area (Å²) in [6.45, 7) is 3.26. The number of carbonyl (C=O) groups is 2. The van der Waals surface area contributed by atoms with Gasteiger partial charge in [0.1, 0.15) is 5.69 Å². The molecule has 0 radical (unpaired) electrons. The molecule has 7 heteroatoms. The fraction of sp³-hybridized carbons (Fsp3) is 0.333. The molecule has 1 aliphatic heterocycles. The highest BCUT2D eigenvalue weighted by atomic mass is 16.4. The lowest BCUT2D eigenvalue weighted by Gasteiger charge is -2.33. The molecule has 0 aliphatic carbocycles. The van der Waals surface area contributed by atoms with Gasteiger partial charge in [-0.3, -0.25) is 9.20 Å². The Kier molecular flexibility index (Phi) is 4.81. The number of aromatic nitrogens is 3. The molecule has 0 saturated carbocycles. The molecule has 0 bridgehead atoms. The molecular formula is C21H22N4O3. The number of nitrogens with zero attached hydrogens (tertiary/aromatic N) is 4. The average Bonchev–Trinajstić information content (AvgIpc) is 3.03. The van der Waals surface area contributed by atoms with Gasteiger partial charge in [0.05, 0.1) is 11.3 Å². The van der Waals surface area contributed by atoms with Crippen LogP contribution in [0.1, 0.15) is 44.9 Å². The van der Waals surface area contributed by atoms with E-state index in [9.17, 15) is 9.59 Å². The third kappa shape index (κ3) is 3.47. The van der Waals surface area contributed by atoms with Gasteiger partial charge < -0.3 is 10.0 Å². The third-order valence-electron chi connectivity index (χ3n) is 5.31. The van der Waals surface area contributed by atoms with E-state index in [1.54, 1.807) is 28.8 Å². The quantitative estimate of drug-likeness (QED) is 0.754. The van der Waals surface area contributed by atoms with Gasteiger partial charge >= 0.3 is 5.97 Å². The number of carboxylic acids is 1. The Bertz CT molecular complexity index is 1030. The normalized spacial score (nSPS) is 17.0. The molecule has 2 aromatic heterocycles. The van der Waals surface area contributed by atoms with Crippen LogP contribution in [0.15, 0.2) is 42.7 Å². The van der Waals surface area contributed by atoms with Crippen LogP contribution in [-0.2, 0) is 6.42 Å². The van der Waals surface area contributed by atoms with Crippen molar-refractivity contribution in [1.29, 1.82) is 0 Å². The molecule has 3 aromatic rings. The van der Waals surface area contributed by atoms with Gasteiger partial charge in [-0.25, -0.2) is 14.8 Å². The van der Waals surface area contributed by atoms with Crippen LogP contribution in [-0.4, -0.2) is 49.3 Å². The number of carboxylic acid groups (broad SMARTS) is 1. The molecule has 0 spiro atoms. The summed E-state index contributed by atoms with van der Waals surface area (Å²) in [4.78, 5) is 34.7. The molecule has 144 valence electrons. The Labute approximate surface area is 162 Å². The van der Waals surface area contributed by atoms with Crippen molar-refractivity contribution >= 4 is 17.7 Å². The van der Waals surface area contributed by atoms with Crippen LogP contribution < -0.4 is 0 Å². The molecule has 1 aromatic carbocycles. The van der Waals surface area contributed by atoms with Crippen LogP contribution in [0.3, 0.4) is 0 Å². The minimum Gasteiger partial charge on any atom is -0.478 e. The van der Waals surface area contributed by atoms with E-state index in [4.69, 9.17) is 5.11 Å². The van der Waals surface area contributed by atoms with E-state index >= 15 is 0 Å². The summed E-state index contributed by atoms with van der Waals surface area (Å²) < 4.78 is 1.76. The topological polar surface area (TPSA) is 87.8 Å². The van der Waals surface area contributed by atoms with E-state index in [1.807, 2.05) is 30.2 Å². The number of imidazole rings is 1. The summed E-state index contributed by atoms with van der Waals surface area (Å²) in [7, 11) is 0. The van der Waals surface area contributed by atoms with E-state index in [1.165, 1.54) is 0 Å². The van der Waals surface area contributed by atoms with E-state index in [2.05, 4.69) is 9.97 Å². The Balaban J connectivity index is 1.49. The number of hydrogen-bond acceptors (Lipinski definition) is 4. The number of aryl methyl sites for hydroxylation is 1. The zero-order valence-corrected chi connectivity index (χ0v) is 15.7. The second-order valence-corrected chi connectivity index (χ2v) is 7.30. The van der Waals surface area contributed by atoms with Crippen LogP contribution >= 0.6 is 0 Å². The number of hydrogen-bond donors (Lipinski definition) is 1. The van der Waals surface area contributed by atoms with Crippen molar-refractivity contribution in [3.63, 3.8) is 0 Å². The highest BCUT2D eigenvalue weighted by Gasteiger charge is 2.28. The van der Waals surface area contributed by atoms with Gasteiger partial charge in [0.25, 0.3) is 5.91 Å². The maximum absolute atomic E-state index is 13.2. The van der Waals surface area contributed by atoms with Crippen molar-refractivity contribution in [3.05, 3.63) is 65.2 Å². The SMILES string of the molecule is Cc1nc2ncccn2c1C(=O)N1CCC[C@H](Cc2ccc(C(=O)O)cc2)C1. The van der Waals surface area contributed by atoms with Crippen LogP contribution in [0.5, 0.6) is 0 Å². The van der Waals surface area contributed by atoms with Gasteiger partial charge in [0.2, 0.25) is 5.78 Å². The molecule has 1 saturated heterocycles. The predicted molar refractivity (Wildman–Crippen MR) is 103 cm³/mol. The number of benzene rings is 1. The molecule has 4 rings (SSSR count). The number of aromatic carboxylic acids is 1. The Morgan fingerprint density at radius 3 is 2.79 bits per heavy atom. The standard InChI is InChI=1S/C21H22N4O3/c1-14-18(25-11-3-9-22-21(25)23-14)19(26)24-10-2-4-16(13-24)12-15-5-7-17(8-6-15)20(27)28/h3,5-9,11,16H,2,4,10,12-13H2,1H3,(H,27,28)/t16-/m1/s1. The lowest BCUT2D eigenvalue weighted by Crippen LogP contribution is -2.41. The molecular weight excluding hydrogens is 356 g/mol. The molecule has 3 heterocycles. The summed E-state index contributed by atoms with van der Waals surface area (Å²) in [6, 6.07) is 8.80. The van der Waals surface area contributed by atoms with Crippen LogP contribution in [0.25, 0.3) is 5.78 Å². The lowest BCUT2D eigenvalue weighted by atomic mass is 9.91. The number of amides is 1. The van der Waals surface area contributed by atoms with E-state index in [-0.39, 0.29) is 5.91 Å². The smallest absolute Gasteiger partial charge is 0.335 e. The molecule has 1 fully saturated rings. The number of rotatable bonds is 4. The monoisotopic (exact) mass is 378 g/mol. The van der Waals surface area contributed by atoms with Crippen LogP contribution in [0, 0.1) is 12.8 Å². The average molecular weight is 378 g/mol. The second kappa shape index (κ2) is 7.42. The number of likely N-dealkylation sites (tertiary alicyclic amines) is 1. The van der Waals surface area contributed by atoms with E-state index in [0.717, 1.165) is 31.4 Å². The summed E-state index contributed by atoms with van der Waals surface area (Å²) in [5.41, 5.74) is 2.66. The van der Waals surface area contributed by atoms with Crippen LogP contribution in [0.4, 0.5) is 0 Å². The molecule has 0 unspecified atom stereocenters. The number of fused-ring (bicyclic) bond motifs is 1. The maximum Gasteiger partial charge on any atom is 0.335 e. The first-order valence-corrected chi connectivity index (χ1v) is 9.44. The zero-order chi connectivity index (χ0) is 19.7. The van der Waals surface area contributed by atoms with E-state index < -0.39 is 5.97 Å². The Morgan fingerprint density at radius 2 is 2.04 bits per heavy atom. The predicted octanol–water partition coefficient (Wildman–Crippen LogP) is 2.83. The Morgan fingerprint density at radius 1 is 1.25 bits per heavy atom. The van der Waals surface area contributed by atoms with Gasteiger partial charge in [0.15, 0.2) is 0 Å². The van der Waals surface area contributed by atoms with Gasteiger partial charge in [-0.2, -0.15) is 0 Å². The fourth-order valence-electron chi connectivity index (χ4n) is 3.94. The van der Waals surface area contributed by atoms with E-state index in [0.29, 0.717) is 35.2 Å².